The summed E-state index contributed by atoms with van der Waals surface area (Å²) in [6.07, 6.45) is 5.48. The molecule has 1 spiro atoms. The standard InChI is InChI=1S/C27H22ClN5O2S2/c1-36-32-14-27(15-32)12-31(13-27)17-7-6-16-10-29-11-22(19(16)8-17)33-25(34)24-21(30-26(33)35)9-23(37-24)18-4-2-3-5-20(18)28/h2-11H,12-15H2,1H3,(H,30,35). The molecule has 0 amide bonds. The predicted octanol–water partition coefficient (Wildman–Crippen LogP) is 5.01. The third kappa shape index (κ3) is 3.64. The molecule has 0 saturated carbocycles. The molecule has 1 N–H and O–H groups in total. The van der Waals surface area contributed by atoms with Crippen molar-refractivity contribution in [1.82, 2.24) is 18.8 Å². The zero-order valence-electron chi connectivity index (χ0n) is 19.9. The molecule has 0 aliphatic carbocycles. The monoisotopic (exact) mass is 547 g/mol. The number of aromatic nitrogens is 3. The smallest absolute Gasteiger partial charge is 0.333 e. The number of pyridine rings is 1. The van der Waals surface area contributed by atoms with Crippen molar-refractivity contribution < 1.29 is 0 Å². The van der Waals surface area contributed by atoms with Crippen LogP contribution in [0.3, 0.4) is 0 Å². The van der Waals surface area contributed by atoms with E-state index < -0.39 is 5.69 Å². The number of fused-ring (bicyclic) bond motifs is 2. The zero-order valence-corrected chi connectivity index (χ0v) is 22.3. The van der Waals surface area contributed by atoms with E-state index >= 15 is 0 Å². The van der Waals surface area contributed by atoms with Gasteiger partial charge in [0.2, 0.25) is 0 Å². The lowest BCUT2D eigenvalue weighted by Gasteiger charge is -2.60. The van der Waals surface area contributed by atoms with E-state index in [4.69, 9.17) is 11.6 Å². The highest BCUT2D eigenvalue weighted by molar-refractivity contribution is 7.96. The largest absolute Gasteiger partial charge is 0.370 e. The van der Waals surface area contributed by atoms with Gasteiger partial charge < -0.3 is 9.88 Å². The highest BCUT2D eigenvalue weighted by Gasteiger charge is 2.51. The third-order valence-corrected chi connectivity index (χ3v) is 9.64. The minimum absolute atomic E-state index is 0.365. The van der Waals surface area contributed by atoms with Crippen LogP contribution in [0.5, 0.6) is 0 Å². The Labute approximate surface area is 225 Å². The highest BCUT2D eigenvalue weighted by atomic mass is 35.5. The number of hydrogen-bond acceptors (Lipinski definition) is 7. The Bertz CT molecular complexity index is 1810. The SMILES string of the molecule is CSN1CC2(C1)CN(c1ccc3cncc(-n4c(=O)[nH]c5cc(-c6ccccc6Cl)sc5c4=O)c3c1)C2. The Balaban J connectivity index is 1.31. The molecule has 2 aliphatic rings. The topological polar surface area (TPSA) is 74.2 Å². The summed E-state index contributed by atoms with van der Waals surface area (Å²) in [7, 11) is 0. The average Bonchev–Trinajstić information content (AvgIpc) is 3.27. The minimum atomic E-state index is -0.491. The van der Waals surface area contributed by atoms with Crippen molar-refractivity contribution in [3.8, 4) is 16.1 Å². The lowest BCUT2D eigenvalue weighted by atomic mass is 9.74. The molecule has 0 radical (unpaired) electrons. The first-order valence-corrected chi connectivity index (χ1v) is 14.3. The molecule has 0 bridgehead atoms. The van der Waals surface area contributed by atoms with Crippen molar-refractivity contribution in [2.24, 2.45) is 5.41 Å². The van der Waals surface area contributed by atoms with Crippen LogP contribution in [0, 0.1) is 5.41 Å². The van der Waals surface area contributed by atoms with Gasteiger partial charge in [-0.25, -0.2) is 13.7 Å². The van der Waals surface area contributed by atoms with E-state index in [0.717, 1.165) is 53.1 Å². The Morgan fingerprint density at radius 3 is 2.65 bits per heavy atom. The molecule has 2 aliphatic heterocycles. The van der Waals surface area contributed by atoms with Gasteiger partial charge in [-0.15, -0.1) is 11.3 Å². The molecule has 37 heavy (non-hydrogen) atoms. The van der Waals surface area contributed by atoms with Crippen LogP contribution in [-0.2, 0) is 0 Å². The summed E-state index contributed by atoms with van der Waals surface area (Å²) in [5, 5.41) is 2.30. The molecule has 186 valence electrons. The highest BCUT2D eigenvalue weighted by Crippen LogP contribution is 2.44. The summed E-state index contributed by atoms with van der Waals surface area (Å²) in [5.74, 6) is 0. The number of H-pyrrole nitrogens is 1. The van der Waals surface area contributed by atoms with E-state index in [1.165, 1.54) is 15.9 Å². The summed E-state index contributed by atoms with van der Waals surface area (Å²) in [6.45, 7) is 4.27. The van der Waals surface area contributed by atoms with Crippen LogP contribution in [-0.4, -0.2) is 51.3 Å². The number of rotatable bonds is 4. The second-order valence-electron chi connectivity index (χ2n) is 9.80. The van der Waals surface area contributed by atoms with Gasteiger partial charge in [0.25, 0.3) is 5.56 Å². The molecule has 0 unspecified atom stereocenters. The van der Waals surface area contributed by atoms with Crippen LogP contribution < -0.4 is 16.1 Å². The van der Waals surface area contributed by atoms with Gasteiger partial charge in [-0.3, -0.25) is 9.78 Å². The second-order valence-corrected chi connectivity index (χ2v) is 12.1. The normalized spacial score (nSPS) is 16.9. The van der Waals surface area contributed by atoms with E-state index in [2.05, 4.69) is 37.6 Å². The predicted molar refractivity (Wildman–Crippen MR) is 154 cm³/mol. The molecule has 5 heterocycles. The van der Waals surface area contributed by atoms with Crippen LogP contribution in [0.1, 0.15) is 0 Å². The van der Waals surface area contributed by atoms with Gasteiger partial charge in [0.1, 0.15) is 4.70 Å². The number of hydrogen-bond donors (Lipinski definition) is 1. The molecule has 10 heteroatoms. The molecular weight excluding hydrogens is 526 g/mol. The maximum absolute atomic E-state index is 13.7. The number of aromatic amines is 1. The zero-order chi connectivity index (χ0) is 25.3. The molecule has 2 saturated heterocycles. The fourth-order valence-electron chi connectivity index (χ4n) is 5.51. The number of anilines is 1. The second kappa shape index (κ2) is 8.46. The molecule has 3 aromatic heterocycles. The number of nitrogens with zero attached hydrogens (tertiary/aromatic N) is 4. The lowest BCUT2D eigenvalue weighted by molar-refractivity contribution is 0.0480. The maximum atomic E-state index is 13.7. The summed E-state index contributed by atoms with van der Waals surface area (Å²) >= 11 is 9.51. The van der Waals surface area contributed by atoms with Crippen LogP contribution in [0.25, 0.3) is 37.1 Å². The fraction of sp³-hybridized carbons (Fsp3) is 0.222. The minimum Gasteiger partial charge on any atom is -0.370 e. The van der Waals surface area contributed by atoms with Gasteiger partial charge in [0.05, 0.1) is 17.4 Å². The van der Waals surface area contributed by atoms with Crippen molar-refractivity contribution in [1.29, 1.82) is 0 Å². The van der Waals surface area contributed by atoms with E-state index in [0.29, 0.717) is 26.3 Å². The van der Waals surface area contributed by atoms with E-state index in [1.807, 2.05) is 36.4 Å². The van der Waals surface area contributed by atoms with Crippen LogP contribution in [0.4, 0.5) is 5.69 Å². The first-order valence-electron chi connectivity index (χ1n) is 11.9. The Morgan fingerprint density at radius 1 is 1.05 bits per heavy atom. The molecule has 2 aromatic carbocycles. The van der Waals surface area contributed by atoms with Gasteiger partial charge in [-0.2, -0.15) is 0 Å². The van der Waals surface area contributed by atoms with Crippen LogP contribution >= 0.6 is 34.9 Å². The van der Waals surface area contributed by atoms with E-state index in [1.54, 1.807) is 24.3 Å². The molecule has 7 nitrogen and oxygen atoms in total. The van der Waals surface area contributed by atoms with Crippen LogP contribution in [0.2, 0.25) is 5.02 Å². The summed E-state index contributed by atoms with van der Waals surface area (Å²) in [5.41, 5.74) is 2.44. The quantitative estimate of drug-likeness (QED) is 0.319. The van der Waals surface area contributed by atoms with Crippen molar-refractivity contribution in [2.75, 3.05) is 37.3 Å². The van der Waals surface area contributed by atoms with E-state index in [-0.39, 0.29) is 5.56 Å². The molecular formula is C27H22ClN5O2S2. The first-order chi connectivity index (χ1) is 17.9. The Morgan fingerprint density at radius 2 is 1.86 bits per heavy atom. The number of nitrogens with one attached hydrogen (secondary N) is 1. The molecule has 5 aromatic rings. The van der Waals surface area contributed by atoms with Crippen molar-refractivity contribution in [2.45, 2.75) is 0 Å². The number of benzene rings is 2. The summed E-state index contributed by atoms with van der Waals surface area (Å²) < 4.78 is 4.06. The fourth-order valence-corrected chi connectivity index (χ4v) is 7.69. The van der Waals surface area contributed by atoms with Crippen LogP contribution in [0.15, 0.2) is 70.5 Å². The third-order valence-electron chi connectivity index (χ3n) is 7.38. The summed E-state index contributed by atoms with van der Waals surface area (Å²) in [4.78, 5) is 37.3. The molecule has 2 fully saturated rings. The number of thiophene rings is 1. The lowest BCUT2D eigenvalue weighted by Crippen LogP contribution is -2.70. The molecule has 0 atom stereocenters. The Kier molecular flexibility index (Phi) is 5.27. The van der Waals surface area contributed by atoms with Gasteiger partial charge in [-0.05, 0) is 30.5 Å². The van der Waals surface area contributed by atoms with E-state index in [9.17, 15) is 9.59 Å². The number of halogens is 1. The first kappa shape index (κ1) is 23.0. The molecule has 7 rings (SSSR count). The van der Waals surface area contributed by atoms with Gasteiger partial charge in [0.15, 0.2) is 0 Å². The van der Waals surface area contributed by atoms with Gasteiger partial charge in [-0.1, -0.05) is 47.8 Å². The van der Waals surface area contributed by atoms with Crippen molar-refractivity contribution >= 4 is 61.6 Å². The van der Waals surface area contributed by atoms with Crippen molar-refractivity contribution in [3.63, 3.8) is 0 Å². The Hall–Kier alpha value is -3.11. The average molecular weight is 548 g/mol. The van der Waals surface area contributed by atoms with Crippen molar-refractivity contribution in [3.05, 3.63) is 86.8 Å². The van der Waals surface area contributed by atoms with Gasteiger partial charge >= 0.3 is 5.69 Å². The maximum Gasteiger partial charge on any atom is 0.333 e. The summed E-state index contributed by atoms with van der Waals surface area (Å²) in [6, 6.07) is 15.5. The van der Waals surface area contributed by atoms with Gasteiger partial charge in [0, 0.05) is 69.7 Å².